The lowest BCUT2D eigenvalue weighted by molar-refractivity contribution is 0.148. The fourth-order valence-electron chi connectivity index (χ4n) is 3.67. The molecule has 1 atom stereocenters. The highest BCUT2D eigenvalue weighted by molar-refractivity contribution is 5.33. The molecule has 1 unspecified atom stereocenters. The number of hydrogen-bond acceptors (Lipinski definition) is 2. The zero-order chi connectivity index (χ0) is 20.8. The lowest BCUT2D eigenvalue weighted by atomic mass is 10.0. The maximum Gasteiger partial charge on any atom is 0.0991 e. The average molecular weight is 386 g/mol. The fourth-order valence-corrected chi connectivity index (χ4v) is 3.67. The summed E-state index contributed by atoms with van der Waals surface area (Å²) in [7, 11) is 0. The predicted molar refractivity (Wildman–Crippen MR) is 119 cm³/mol. The first-order valence-corrected chi connectivity index (χ1v) is 10.4. The van der Waals surface area contributed by atoms with Gasteiger partial charge >= 0.3 is 0 Å². The van der Waals surface area contributed by atoms with E-state index in [0.29, 0.717) is 12.0 Å². The number of benzene rings is 2. The molecule has 3 heteroatoms. The summed E-state index contributed by atoms with van der Waals surface area (Å²) in [4.78, 5) is 2.52. The minimum Gasteiger partial charge on any atom is -0.346 e. The zero-order valence-electron chi connectivity index (χ0n) is 18.0. The van der Waals surface area contributed by atoms with Crippen LogP contribution in [-0.2, 0) is 19.6 Å². The van der Waals surface area contributed by atoms with Gasteiger partial charge in [-0.05, 0) is 60.7 Å². The molecule has 3 nitrogen and oxygen atoms in total. The minimum absolute atomic E-state index is 0.433. The molecule has 2 aromatic carbocycles. The Labute approximate surface area is 175 Å². The van der Waals surface area contributed by atoms with Crippen LogP contribution in [0, 0.1) is 24.2 Å². The van der Waals surface area contributed by atoms with Crippen LogP contribution in [0.1, 0.15) is 48.7 Å². The summed E-state index contributed by atoms with van der Waals surface area (Å²) < 4.78 is 2.36. The van der Waals surface area contributed by atoms with E-state index in [4.69, 9.17) is 0 Å². The normalized spacial score (nSPS) is 12.3. The molecule has 0 amide bonds. The monoisotopic (exact) mass is 385 g/mol. The first-order valence-electron chi connectivity index (χ1n) is 10.4. The van der Waals surface area contributed by atoms with Gasteiger partial charge in [-0.2, -0.15) is 5.26 Å². The molecule has 0 spiro atoms. The Hall–Kier alpha value is -2.83. The van der Waals surface area contributed by atoms with E-state index in [1.165, 1.54) is 22.4 Å². The smallest absolute Gasteiger partial charge is 0.0991 e. The van der Waals surface area contributed by atoms with Gasteiger partial charge in [0.25, 0.3) is 0 Å². The number of nitriles is 1. The molecule has 0 aliphatic heterocycles. The van der Waals surface area contributed by atoms with Crippen molar-refractivity contribution in [2.45, 2.75) is 53.4 Å². The summed E-state index contributed by atoms with van der Waals surface area (Å²) in [5.74, 6) is 0.550. The van der Waals surface area contributed by atoms with Crippen molar-refractivity contribution in [2.75, 3.05) is 0 Å². The van der Waals surface area contributed by atoms with E-state index in [2.05, 4.69) is 91.9 Å². The molecule has 3 aromatic rings. The van der Waals surface area contributed by atoms with Crippen molar-refractivity contribution in [3.63, 3.8) is 0 Å². The molecular weight excluding hydrogens is 354 g/mol. The van der Waals surface area contributed by atoms with Crippen LogP contribution < -0.4 is 0 Å². The molecule has 150 valence electrons. The summed E-state index contributed by atoms with van der Waals surface area (Å²) in [5.41, 5.74) is 5.91. The van der Waals surface area contributed by atoms with Gasteiger partial charge in [-0.15, -0.1) is 0 Å². The SMILES string of the molecule is Cc1ccccc1Cn1cccc1CN(Cc1cccc(C#N)c1)C(C)C(C)C. The number of aromatic nitrogens is 1. The molecule has 1 aromatic heterocycles. The number of nitrogens with zero attached hydrogens (tertiary/aromatic N) is 3. The maximum absolute atomic E-state index is 9.23. The Balaban J connectivity index is 1.82. The standard InChI is InChI=1S/C26H31N3/c1-20(2)22(4)29(17-24-11-7-10-23(15-24)16-27)19-26-13-8-14-28(26)18-25-12-6-5-9-21(25)3/h5-15,20,22H,17-19H2,1-4H3. The van der Waals surface area contributed by atoms with E-state index in [1.807, 2.05) is 18.2 Å². The van der Waals surface area contributed by atoms with Gasteiger partial charge in [-0.1, -0.05) is 50.2 Å². The molecular formula is C26H31N3. The van der Waals surface area contributed by atoms with E-state index in [-0.39, 0.29) is 0 Å². The van der Waals surface area contributed by atoms with E-state index in [0.717, 1.165) is 25.2 Å². The molecule has 0 saturated carbocycles. The van der Waals surface area contributed by atoms with Crippen LogP contribution in [-0.4, -0.2) is 15.5 Å². The third-order valence-corrected chi connectivity index (χ3v) is 5.87. The number of hydrogen-bond donors (Lipinski definition) is 0. The Morgan fingerprint density at radius 3 is 2.48 bits per heavy atom. The van der Waals surface area contributed by atoms with Crippen LogP contribution in [0.15, 0.2) is 66.9 Å². The third-order valence-electron chi connectivity index (χ3n) is 5.87. The maximum atomic E-state index is 9.23. The molecule has 0 aliphatic carbocycles. The van der Waals surface area contributed by atoms with Crippen LogP contribution in [0.25, 0.3) is 0 Å². The zero-order valence-corrected chi connectivity index (χ0v) is 18.0. The third kappa shape index (κ3) is 5.37. The van der Waals surface area contributed by atoms with Crippen molar-refractivity contribution in [2.24, 2.45) is 5.92 Å². The number of aryl methyl sites for hydroxylation is 1. The quantitative estimate of drug-likeness (QED) is 0.493. The highest BCUT2D eigenvalue weighted by Gasteiger charge is 2.19. The average Bonchev–Trinajstić information content (AvgIpc) is 3.15. The Morgan fingerprint density at radius 2 is 1.76 bits per heavy atom. The Kier molecular flexibility index (Phi) is 6.90. The molecule has 0 N–H and O–H groups in total. The Bertz CT molecular complexity index is 977. The molecule has 0 aliphatic rings. The van der Waals surface area contributed by atoms with Crippen LogP contribution in [0.4, 0.5) is 0 Å². The van der Waals surface area contributed by atoms with Gasteiger partial charge < -0.3 is 4.57 Å². The Morgan fingerprint density at radius 1 is 0.966 bits per heavy atom. The van der Waals surface area contributed by atoms with Crippen LogP contribution in [0.2, 0.25) is 0 Å². The second-order valence-corrected chi connectivity index (χ2v) is 8.26. The highest BCUT2D eigenvalue weighted by Crippen LogP contribution is 2.20. The summed E-state index contributed by atoms with van der Waals surface area (Å²) in [6.07, 6.45) is 2.18. The topological polar surface area (TPSA) is 32.0 Å². The van der Waals surface area contributed by atoms with Gasteiger partial charge in [0.05, 0.1) is 11.6 Å². The molecule has 0 saturated heterocycles. The molecule has 29 heavy (non-hydrogen) atoms. The van der Waals surface area contributed by atoms with Crippen molar-refractivity contribution < 1.29 is 0 Å². The van der Waals surface area contributed by atoms with E-state index >= 15 is 0 Å². The minimum atomic E-state index is 0.433. The van der Waals surface area contributed by atoms with Crippen LogP contribution in [0.3, 0.4) is 0 Å². The molecule has 3 rings (SSSR count). The molecule has 0 bridgehead atoms. The summed E-state index contributed by atoms with van der Waals surface area (Å²) in [6, 6.07) is 23.6. The van der Waals surface area contributed by atoms with Gasteiger partial charge in [0.2, 0.25) is 0 Å². The van der Waals surface area contributed by atoms with E-state index in [9.17, 15) is 5.26 Å². The van der Waals surface area contributed by atoms with Crippen molar-refractivity contribution in [1.82, 2.24) is 9.47 Å². The van der Waals surface area contributed by atoms with Gasteiger partial charge in [0.15, 0.2) is 0 Å². The second-order valence-electron chi connectivity index (χ2n) is 8.26. The fraction of sp³-hybridized carbons (Fsp3) is 0.346. The largest absolute Gasteiger partial charge is 0.346 e. The van der Waals surface area contributed by atoms with Gasteiger partial charge in [0.1, 0.15) is 0 Å². The second kappa shape index (κ2) is 9.58. The van der Waals surface area contributed by atoms with Crippen LogP contribution in [0.5, 0.6) is 0 Å². The summed E-state index contributed by atoms with van der Waals surface area (Å²) >= 11 is 0. The molecule has 0 radical (unpaired) electrons. The lowest BCUT2D eigenvalue weighted by Crippen LogP contribution is -2.36. The van der Waals surface area contributed by atoms with Gasteiger partial charge in [-0.25, -0.2) is 0 Å². The van der Waals surface area contributed by atoms with Crippen molar-refractivity contribution in [3.05, 3.63) is 94.8 Å². The summed E-state index contributed by atoms with van der Waals surface area (Å²) in [6.45, 7) is 11.6. The summed E-state index contributed by atoms with van der Waals surface area (Å²) in [5, 5.41) is 9.23. The molecule has 0 fully saturated rings. The van der Waals surface area contributed by atoms with E-state index < -0.39 is 0 Å². The van der Waals surface area contributed by atoms with Crippen LogP contribution >= 0.6 is 0 Å². The van der Waals surface area contributed by atoms with Crippen molar-refractivity contribution in [3.8, 4) is 6.07 Å². The number of rotatable bonds is 8. The van der Waals surface area contributed by atoms with E-state index in [1.54, 1.807) is 0 Å². The molecule has 1 heterocycles. The first-order chi connectivity index (χ1) is 14.0. The van der Waals surface area contributed by atoms with Crippen molar-refractivity contribution in [1.29, 1.82) is 5.26 Å². The van der Waals surface area contributed by atoms with Crippen molar-refractivity contribution >= 4 is 0 Å². The van der Waals surface area contributed by atoms with Gasteiger partial charge in [-0.3, -0.25) is 4.90 Å². The van der Waals surface area contributed by atoms with Gasteiger partial charge in [0, 0.05) is 37.6 Å². The highest BCUT2D eigenvalue weighted by atomic mass is 15.2. The lowest BCUT2D eigenvalue weighted by Gasteiger charge is -2.32. The predicted octanol–water partition coefficient (Wildman–Crippen LogP) is 5.76. The first kappa shape index (κ1) is 20.9.